The van der Waals surface area contributed by atoms with Gasteiger partial charge in [0, 0.05) is 61.5 Å². The van der Waals surface area contributed by atoms with E-state index in [1.54, 1.807) is 0 Å². The predicted octanol–water partition coefficient (Wildman–Crippen LogP) is 5.74. The van der Waals surface area contributed by atoms with Gasteiger partial charge in [-0.25, -0.2) is 19.7 Å². The monoisotopic (exact) mass is 783 g/mol. The van der Waals surface area contributed by atoms with Gasteiger partial charge < -0.3 is 20.1 Å². The van der Waals surface area contributed by atoms with E-state index in [9.17, 15) is 14.4 Å². The van der Waals surface area contributed by atoms with Gasteiger partial charge in [0.05, 0.1) is 29.3 Å². The first kappa shape index (κ1) is 39.7. The maximum atomic E-state index is 12.9. The molecule has 15 nitrogen and oxygen atoms in total. The van der Waals surface area contributed by atoms with E-state index in [1.807, 2.05) is 95.4 Å². The second-order valence-electron chi connectivity index (χ2n) is 15.7. The van der Waals surface area contributed by atoms with Crippen LogP contribution in [0.25, 0.3) is 16.9 Å². The maximum absolute atomic E-state index is 12.9. The van der Waals surface area contributed by atoms with Crippen LogP contribution >= 0.6 is 0 Å². The van der Waals surface area contributed by atoms with Crippen LogP contribution in [0.3, 0.4) is 0 Å². The molecule has 0 unspecified atom stereocenters. The first-order valence-electron chi connectivity index (χ1n) is 19.6. The number of benzene rings is 2. The van der Waals surface area contributed by atoms with Crippen LogP contribution in [0, 0.1) is 6.92 Å². The molecule has 1 saturated heterocycles. The third-order valence-corrected chi connectivity index (χ3v) is 10.5. The molecule has 0 saturated carbocycles. The van der Waals surface area contributed by atoms with E-state index < -0.39 is 17.2 Å². The van der Waals surface area contributed by atoms with Crippen molar-refractivity contribution in [2.45, 2.75) is 71.9 Å². The molecule has 0 spiro atoms. The number of anilines is 3. The molecule has 1 amide bonds. The lowest BCUT2D eigenvalue weighted by atomic mass is 9.96. The Hall–Kier alpha value is -6.48. The number of carbonyl (C=O) groups is 1. The minimum Gasteiger partial charge on any atom is -0.365 e. The first-order valence-corrected chi connectivity index (χ1v) is 19.6. The Morgan fingerprint density at radius 1 is 0.966 bits per heavy atom. The van der Waals surface area contributed by atoms with Gasteiger partial charge in [0.1, 0.15) is 18.0 Å². The van der Waals surface area contributed by atoms with Crippen molar-refractivity contribution in [3.63, 3.8) is 0 Å². The Labute approximate surface area is 336 Å². The lowest BCUT2D eigenvalue weighted by molar-refractivity contribution is 0.0895. The number of aromatic nitrogens is 7. The summed E-state index contributed by atoms with van der Waals surface area (Å²) in [6, 6.07) is 21.3. The van der Waals surface area contributed by atoms with E-state index in [1.165, 1.54) is 28.7 Å². The SMILES string of the molecule is CC[C@H]1CN(CCc2ccc(-n3ccc(=O)[nH]c3=O)cc2)CCN1c1ccc(Nc2cc(-c3ccc([C@@H](C)NC(=O)c4nc(C(C)(C)C)no4)c(C)c3)ncn2)nc1. The predicted molar refractivity (Wildman–Crippen MR) is 223 cm³/mol. The van der Waals surface area contributed by atoms with Crippen molar-refractivity contribution < 1.29 is 9.32 Å². The summed E-state index contributed by atoms with van der Waals surface area (Å²) in [5, 5.41) is 10.3. The summed E-state index contributed by atoms with van der Waals surface area (Å²) in [4.78, 5) is 61.7. The number of aromatic amines is 1. The van der Waals surface area contributed by atoms with Crippen molar-refractivity contribution in [3.05, 3.63) is 135 Å². The number of amides is 1. The summed E-state index contributed by atoms with van der Waals surface area (Å²) in [5.74, 6) is 1.32. The van der Waals surface area contributed by atoms with Crippen molar-refractivity contribution in [1.29, 1.82) is 0 Å². The van der Waals surface area contributed by atoms with Crippen LogP contribution < -0.4 is 26.8 Å². The zero-order chi connectivity index (χ0) is 41.0. The van der Waals surface area contributed by atoms with Gasteiger partial charge in [0.25, 0.3) is 5.56 Å². The molecule has 7 rings (SSSR count). The van der Waals surface area contributed by atoms with Crippen molar-refractivity contribution in [1.82, 2.24) is 44.9 Å². The third-order valence-electron chi connectivity index (χ3n) is 10.5. The van der Waals surface area contributed by atoms with Gasteiger partial charge >= 0.3 is 17.5 Å². The van der Waals surface area contributed by atoms with Crippen molar-refractivity contribution in [3.8, 4) is 16.9 Å². The highest BCUT2D eigenvalue weighted by atomic mass is 16.5. The molecular formula is C43H49N11O4. The molecule has 5 heterocycles. The van der Waals surface area contributed by atoms with Gasteiger partial charge in [-0.3, -0.25) is 24.0 Å². The number of aryl methyl sites for hydroxylation is 1. The molecule has 6 aromatic rings. The fourth-order valence-electron chi connectivity index (χ4n) is 7.17. The van der Waals surface area contributed by atoms with Gasteiger partial charge in [-0.2, -0.15) is 4.98 Å². The molecule has 4 aromatic heterocycles. The Balaban J connectivity index is 0.925. The molecule has 1 aliphatic heterocycles. The standard InChI is InChI=1S/C43H49N11O4/c1-7-31-25-52(18-16-29-8-11-32(12-9-29)54-19-17-38(55)49-42(54)57)20-21-53(31)33-13-15-36(44-24-33)48-37-23-35(45-26-46-37)30-10-14-34(27(2)22-30)28(3)47-39(56)40-50-41(51-58-40)43(4,5)6/h8-15,17,19,22-24,26,28,31H,7,16,18,20-21,25H2,1-6H3,(H,47,56)(H,49,55,57)(H,44,45,46,48)/t28-,31+/m1/s1. The van der Waals surface area contributed by atoms with Gasteiger partial charge in [-0.15, -0.1) is 0 Å². The fraction of sp³-hybridized carbons (Fsp3) is 0.349. The zero-order valence-corrected chi connectivity index (χ0v) is 33.7. The Kier molecular flexibility index (Phi) is 11.6. The number of carbonyl (C=O) groups excluding carboxylic acids is 1. The van der Waals surface area contributed by atoms with Crippen LogP contribution in [-0.2, 0) is 11.8 Å². The number of nitrogens with zero attached hydrogens (tertiary/aromatic N) is 8. The van der Waals surface area contributed by atoms with Crippen molar-refractivity contribution >= 4 is 23.2 Å². The number of piperazine rings is 1. The number of nitrogens with one attached hydrogen (secondary N) is 3. The third kappa shape index (κ3) is 9.21. The minimum atomic E-state index is -0.450. The second kappa shape index (κ2) is 16.9. The molecular weight excluding hydrogens is 735 g/mol. The summed E-state index contributed by atoms with van der Waals surface area (Å²) in [6.07, 6.45) is 6.85. The van der Waals surface area contributed by atoms with Gasteiger partial charge in [-0.1, -0.05) is 57.1 Å². The number of hydrogen-bond donors (Lipinski definition) is 3. The summed E-state index contributed by atoms with van der Waals surface area (Å²) >= 11 is 0. The van der Waals surface area contributed by atoms with E-state index in [-0.39, 0.29) is 17.3 Å². The van der Waals surface area contributed by atoms with E-state index in [4.69, 9.17) is 9.51 Å². The highest BCUT2D eigenvalue weighted by molar-refractivity contribution is 5.89. The highest BCUT2D eigenvalue weighted by Crippen LogP contribution is 2.28. The minimum absolute atomic E-state index is 0.0559. The van der Waals surface area contributed by atoms with Crippen LogP contribution in [0.5, 0.6) is 0 Å². The molecule has 58 heavy (non-hydrogen) atoms. The van der Waals surface area contributed by atoms with E-state index in [0.717, 1.165) is 67.1 Å². The Bertz CT molecular complexity index is 2490. The molecule has 300 valence electrons. The van der Waals surface area contributed by atoms with E-state index >= 15 is 0 Å². The molecule has 1 aliphatic rings. The molecule has 3 N–H and O–H groups in total. The topological polar surface area (TPSA) is 180 Å². The normalized spacial score (nSPS) is 15.3. The highest BCUT2D eigenvalue weighted by Gasteiger charge is 2.27. The number of hydrogen-bond acceptors (Lipinski definition) is 12. The summed E-state index contributed by atoms with van der Waals surface area (Å²) in [6.45, 7) is 15.8. The quantitative estimate of drug-likeness (QED) is 0.137. The number of H-pyrrole nitrogens is 1. The fourth-order valence-corrected chi connectivity index (χ4v) is 7.17. The molecule has 2 atom stereocenters. The summed E-state index contributed by atoms with van der Waals surface area (Å²) in [7, 11) is 0. The first-order chi connectivity index (χ1) is 27.8. The maximum Gasteiger partial charge on any atom is 0.332 e. The van der Waals surface area contributed by atoms with Gasteiger partial charge in [0.2, 0.25) is 0 Å². The van der Waals surface area contributed by atoms with Crippen molar-refractivity contribution in [2.24, 2.45) is 0 Å². The lowest BCUT2D eigenvalue weighted by Crippen LogP contribution is -2.53. The Morgan fingerprint density at radius 2 is 1.76 bits per heavy atom. The largest absolute Gasteiger partial charge is 0.365 e. The van der Waals surface area contributed by atoms with Gasteiger partial charge in [0.15, 0.2) is 5.82 Å². The van der Waals surface area contributed by atoms with Crippen LogP contribution in [0.4, 0.5) is 17.3 Å². The summed E-state index contributed by atoms with van der Waals surface area (Å²) in [5.41, 5.74) is 5.44. The molecule has 0 aliphatic carbocycles. The zero-order valence-electron chi connectivity index (χ0n) is 33.7. The molecule has 15 heteroatoms. The number of pyridine rings is 1. The molecule has 0 bridgehead atoms. The van der Waals surface area contributed by atoms with E-state index in [2.05, 4.69) is 58.5 Å². The van der Waals surface area contributed by atoms with Crippen LogP contribution in [-0.4, -0.2) is 77.7 Å². The number of rotatable bonds is 12. The smallest absolute Gasteiger partial charge is 0.332 e. The van der Waals surface area contributed by atoms with Crippen LogP contribution in [0.2, 0.25) is 0 Å². The Morgan fingerprint density at radius 3 is 2.45 bits per heavy atom. The average Bonchev–Trinajstić information content (AvgIpc) is 3.73. The second-order valence-corrected chi connectivity index (χ2v) is 15.7. The molecule has 1 fully saturated rings. The van der Waals surface area contributed by atoms with Crippen molar-refractivity contribution in [2.75, 3.05) is 36.4 Å². The van der Waals surface area contributed by atoms with Gasteiger partial charge in [-0.05, 0) is 73.7 Å². The lowest BCUT2D eigenvalue weighted by Gasteiger charge is -2.42. The summed E-state index contributed by atoms with van der Waals surface area (Å²) < 4.78 is 6.65. The average molecular weight is 784 g/mol. The van der Waals surface area contributed by atoms with E-state index in [0.29, 0.717) is 29.2 Å². The van der Waals surface area contributed by atoms with Crippen LogP contribution in [0.15, 0.2) is 99.6 Å². The van der Waals surface area contributed by atoms with Crippen LogP contribution in [0.1, 0.15) is 80.3 Å². The molecule has 2 aromatic carbocycles. The molecule has 0 radical (unpaired) electrons.